The van der Waals surface area contributed by atoms with Crippen molar-refractivity contribution >= 4 is 12.0 Å². The van der Waals surface area contributed by atoms with Crippen LogP contribution in [-0.4, -0.2) is 11.2 Å². The van der Waals surface area contributed by atoms with Gasteiger partial charge in [-0.2, -0.15) is 0 Å². The van der Waals surface area contributed by atoms with Crippen molar-refractivity contribution < 1.29 is 9.72 Å². The van der Waals surface area contributed by atoms with Crippen LogP contribution in [0.25, 0.3) is 0 Å². The Balaban J connectivity index is 2.95. The molecule has 0 atom stereocenters. The Morgan fingerprint density at radius 3 is 2.79 bits per heavy atom. The molecule has 0 amide bonds. The Bertz CT molecular complexity index is 360. The van der Waals surface area contributed by atoms with E-state index in [9.17, 15) is 14.9 Å². The summed E-state index contributed by atoms with van der Waals surface area (Å²) in [5, 5.41) is 10.5. The average molecular weight is 193 g/mol. The fraction of sp³-hybridized carbons (Fsp3) is 0.300. The molecule has 0 aliphatic rings. The van der Waals surface area contributed by atoms with Gasteiger partial charge >= 0.3 is 0 Å². The number of rotatable bonds is 4. The Morgan fingerprint density at radius 1 is 1.50 bits per heavy atom. The van der Waals surface area contributed by atoms with Crippen molar-refractivity contribution in [3.8, 4) is 0 Å². The summed E-state index contributed by atoms with van der Waals surface area (Å²) in [5.41, 5.74) is 1.93. The minimum absolute atomic E-state index is 0.0801. The molecule has 4 heteroatoms. The van der Waals surface area contributed by atoms with Gasteiger partial charge in [0.05, 0.1) is 4.92 Å². The summed E-state index contributed by atoms with van der Waals surface area (Å²) in [4.78, 5) is 20.2. The highest BCUT2D eigenvalue weighted by molar-refractivity contribution is 5.51. The predicted octanol–water partition coefficient (Wildman–Crippen LogP) is 2.03. The van der Waals surface area contributed by atoms with Crippen LogP contribution in [-0.2, 0) is 11.2 Å². The molecule has 0 aliphatic heterocycles. The summed E-state index contributed by atoms with van der Waals surface area (Å²) in [5.74, 6) is 0. The van der Waals surface area contributed by atoms with Crippen molar-refractivity contribution in [2.24, 2.45) is 0 Å². The number of aldehydes is 1. The third-order valence-corrected chi connectivity index (χ3v) is 2.08. The molecule has 0 fully saturated rings. The topological polar surface area (TPSA) is 60.2 Å². The van der Waals surface area contributed by atoms with E-state index in [0.29, 0.717) is 12.8 Å². The molecule has 0 saturated carbocycles. The van der Waals surface area contributed by atoms with Crippen LogP contribution in [0.5, 0.6) is 0 Å². The van der Waals surface area contributed by atoms with Crippen LogP contribution >= 0.6 is 0 Å². The number of carbonyl (C=O) groups excluding carboxylic acids is 1. The fourth-order valence-corrected chi connectivity index (χ4v) is 1.26. The molecule has 14 heavy (non-hydrogen) atoms. The summed E-state index contributed by atoms with van der Waals surface area (Å²) < 4.78 is 0. The third kappa shape index (κ3) is 2.39. The molecule has 0 saturated heterocycles. The van der Waals surface area contributed by atoms with E-state index in [2.05, 4.69) is 0 Å². The molecule has 0 bridgehead atoms. The largest absolute Gasteiger partial charge is 0.303 e. The predicted molar refractivity (Wildman–Crippen MR) is 52.2 cm³/mol. The van der Waals surface area contributed by atoms with Gasteiger partial charge in [-0.1, -0.05) is 6.07 Å². The molecule has 1 aromatic rings. The number of nitro groups is 1. The second kappa shape index (κ2) is 4.50. The van der Waals surface area contributed by atoms with Crippen LogP contribution in [0.1, 0.15) is 17.5 Å². The van der Waals surface area contributed by atoms with E-state index in [-0.39, 0.29) is 5.69 Å². The third-order valence-electron chi connectivity index (χ3n) is 2.08. The Kier molecular flexibility index (Phi) is 3.34. The van der Waals surface area contributed by atoms with Gasteiger partial charge < -0.3 is 4.79 Å². The van der Waals surface area contributed by atoms with E-state index >= 15 is 0 Å². The zero-order valence-corrected chi connectivity index (χ0v) is 7.90. The molecule has 0 heterocycles. The highest BCUT2D eigenvalue weighted by Crippen LogP contribution is 2.18. The maximum Gasteiger partial charge on any atom is 0.269 e. The molecular formula is C10H11NO3. The summed E-state index contributed by atoms with van der Waals surface area (Å²) >= 11 is 0. The highest BCUT2D eigenvalue weighted by Gasteiger charge is 2.07. The van der Waals surface area contributed by atoms with Gasteiger partial charge in [0.15, 0.2) is 0 Å². The van der Waals surface area contributed by atoms with E-state index in [1.807, 2.05) is 6.92 Å². The van der Waals surface area contributed by atoms with Crippen LogP contribution < -0.4 is 0 Å². The van der Waals surface area contributed by atoms with Crippen molar-refractivity contribution in [1.29, 1.82) is 0 Å². The molecule has 1 aromatic carbocycles. The first-order valence-electron chi connectivity index (χ1n) is 4.32. The maximum absolute atomic E-state index is 10.5. The Morgan fingerprint density at radius 2 is 2.21 bits per heavy atom. The first kappa shape index (κ1) is 10.4. The SMILES string of the molecule is Cc1ccc([N+](=O)[O-])cc1CCC=O. The van der Waals surface area contributed by atoms with Gasteiger partial charge in [0.2, 0.25) is 0 Å². The molecule has 74 valence electrons. The van der Waals surface area contributed by atoms with E-state index in [4.69, 9.17) is 0 Å². The lowest BCUT2D eigenvalue weighted by atomic mass is 10.0. The molecule has 0 N–H and O–H groups in total. The van der Waals surface area contributed by atoms with Gasteiger partial charge in [-0.15, -0.1) is 0 Å². The van der Waals surface area contributed by atoms with Crippen molar-refractivity contribution in [1.82, 2.24) is 0 Å². The molecule has 0 radical (unpaired) electrons. The first-order chi connectivity index (χ1) is 6.65. The van der Waals surface area contributed by atoms with Crippen LogP contribution in [0.15, 0.2) is 18.2 Å². The first-order valence-corrected chi connectivity index (χ1v) is 4.32. The maximum atomic E-state index is 10.5. The smallest absolute Gasteiger partial charge is 0.269 e. The van der Waals surface area contributed by atoms with Gasteiger partial charge in [-0.3, -0.25) is 10.1 Å². The van der Waals surface area contributed by atoms with E-state index < -0.39 is 4.92 Å². The Hall–Kier alpha value is -1.71. The lowest BCUT2D eigenvalue weighted by molar-refractivity contribution is -0.384. The lowest BCUT2D eigenvalue weighted by Crippen LogP contribution is -1.94. The van der Waals surface area contributed by atoms with Gasteiger partial charge in [0.1, 0.15) is 6.29 Å². The van der Waals surface area contributed by atoms with Gasteiger partial charge in [0.25, 0.3) is 5.69 Å². The number of nitro benzene ring substituents is 1. The molecule has 0 aliphatic carbocycles. The number of hydrogen-bond donors (Lipinski definition) is 0. The number of benzene rings is 1. The second-order valence-corrected chi connectivity index (χ2v) is 3.07. The van der Waals surface area contributed by atoms with Crippen molar-refractivity contribution in [2.45, 2.75) is 19.8 Å². The molecule has 0 aromatic heterocycles. The zero-order valence-electron chi connectivity index (χ0n) is 7.90. The average Bonchev–Trinajstić information content (AvgIpc) is 2.16. The summed E-state index contributed by atoms with van der Waals surface area (Å²) in [6.45, 7) is 1.88. The molecule has 4 nitrogen and oxygen atoms in total. The van der Waals surface area contributed by atoms with Crippen LogP contribution in [0.4, 0.5) is 5.69 Å². The summed E-state index contributed by atoms with van der Waals surface area (Å²) in [7, 11) is 0. The number of carbonyl (C=O) groups is 1. The number of hydrogen-bond acceptors (Lipinski definition) is 3. The van der Waals surface area contributed by atoms with E-state index in [1.165, 1.54) is 12.1 Å². The number of non-ortho nitro benzene ring substituents is 1. The van der Waals surface area contributed by atoms with Gasteiger partial charge in [-0.25, -0.2) is 0 Å². The Labute approximate surface area is 81.7 Å². The molecule has 0 spiro atoms. The monoisotopic (exact) mass is 193 g/mol. The zero-order chi connectivity index (χ0) is 10.6. The standard InChI is InChI=1S/C10H11NO3/c1-8-4-5-10(11(13)14)7-9(8)3-2-6-12/h4-7H,2-3H2,1H3. The van der Waals surface area contributed by atoms with Gasteiger partial charge in [0, 0.05) is 18.6 Å². The molecular weight excluding hydrogens is 182 g/mol. The van der Waals surface area contributed by atoms with E-state index in [1.54, 1.807) is 6.07 Å². The summed E-state index contributed by atoms with van der Waals surface area (Å²) in [6.07, 6.45) is 1.79. The summed E-state index contributed by atoms with van der Waals surface area (Å²) in [6, 6.07) is 4.71. The van der Waals surface area contributed by atoms with E-state index in [0.717, 1.165) is 17.4 Å². The number of aryl methyl sites for hydroxylation is 2. The van der Waals surface area contributed by atoms with Crippen LogP contribution in [0.3, 0.4) is 0 Å². The van der Waals surface area contributed by atoms with Crippen LogP contribution in [0, 0.1) is 17.0 Å². The van der Waals surface area contributed by atoms with Crippen molar-refractivity contribution in [3.05, 3.63) is 39.4 Å². The normalized spacial score (nSPS) is 9.79. The van der Waals surface area contributed by atoms with Crippen molar-refractivity contribution in [2.75, 3.05) is 0 Å². The van der Waals surface area contributed by atoms with Crippen molar-refractivity contribution in [3.63, 3.8) is 0 Å². The molecule has 1 rings (SSSR count). The second-order valence-electron chi connectivity index (χ2n) is 3.07. The fourth-order valence-electron chi connectivity index (χ4n) is 1.26. The number of nitrogens with zero attached hydrogens (tertiary/aromatic N) is 1. The minimum Gasteiger partial charge on any atom is -0.303 e. The van der Waals surface area contributed by atoms with Crippen LogP contribution in [0.2, 0.25) is 0 Å². The quantitative estimate of drug-likeness (QED) is 0.417. The molecule has 0 unspecified atom stereocenters. The van der Waals surface area contributed by atoms with Gasteiger partial charge in [-0.05, 0) is 24.5 Å². The highest BCUT2D eigenvalue weighted by atomic mass is 16.6. The minimum atomic E-state index is -0.427. The lowest BCUT2D eigenvalue weighted by Gasteiger charge is -2.02.